The van der Waals surface area contributed by atoms with Gasteiger partial charge in [0, 0.05) is 10.3 Å². The molecule has 1 N–H and O–H groups in total. The predicted molar refractivity (Wildman–Crippen MR) is 98.5 cm³/mol. The summed E-state index contributed by atoms with van der Waals surface area (Å²) < 4.78 is 16.3. The number of amides is 1. The molecule has 4 aromatic rings. The number of furan rings is 2. The Bertz CT molecular complexity index is 1060. The first-order chi connectivity index (χ1) is 12.7. The van der Waals surface area contributed by atoms with Gasteiger partial charge in [-0.15, -0.1) is 11.3 Å². The van der Waals surface area contributed by atoms with E-state index in [9.17, 15) is 4.79 Å². The summed E-state index contributed by atoms with van der Waals surface area (Å²) in [6.07, 6.45) is 1.61. The second-order valence-corrected chi connectivity index (χ2v) is 6.76. The molecule has 0 unspecified atom stereocenters. The average molecular weight is 368 g/mol. The van der Waals surface area contributed by atoms with E-state index in [2.05, 4.69) is 10.3 Å². The van der Waals surface area contributed by atoms with Gasteiger partial charge < -0.3 is 18.9 Å². The molecule has 1 amide bonds. The normalized spacial score (nSPS) is 11.0. The summed E-state index contributed by atoms with van der Waals surface area (Å²) in [6.45, 7) is 2.29. The summed E-state index contributed by atoms with van der Waals surface area (Å²) in [4.78, 5) is 17.9. The molecule has 0 fully saturated rings. The summed E-state index contributed by atoms with van der Waals surface area (Å²) >= 11 is 1.50. The Labute approximate surface area is 153 Å². The van der Waals surface area contributed by atoms with E-state index in [1.165, 1.54) is 11.3 Å². The molecule has 4 rings (SSSR count). The van der Waals surface area contributed by atoms with Crippen LogP contribution in [0.15, 0.2) is 51.5 Å². The van der Waals surface area contributed by atoms with Crippen molar-refractivity contribution in [3.8, 4) is 16.5 Å². The number of benzene rings is 1. The highest BCUT2D eigenvalue weighted by atomic mass is 32.1. The maximum Gasteiger partial charge on any atom is 0.287 e. The van der Waals surface area contributed by atoms with E-state index in [4.69, 9.17) is 13.6 Å². The van der Waals surface area contributed by atoms with Crippen molar-refractivity contribution in [1.29, 1.82) is 0 Å². The van der Waals surface area contributed by atoms with Gasteiger partial charge >= 0.3 is 0 Å². The topological polar surface area (TPSA) is 77.5 Å². The smallest absolute Gasteiger partial charge is 0.287 e. The van der Waals surface area contributed by atoms with E-state index in [-0.39, 0.29) is 11.7 Å². The Morgan fingerprint density at radius 3 is 2.96 bits per heavy atom. The van der Waals surface area contributed by atoms with Crippen molar-refractivity contribution in [2.75, 3.05) is 7.11 Å². The number of carbonyl (C=O) groups excluding carboxylic acids is 1. The Kier molecular flexibility index (Phi) is 4.22. The SMILES string of the molecule is COc1cccc2cc(C(=O)NCc3sc(-c4ccco4)nc3C)oc12. The van der Waals surface area contributed by atoms with Crippen LogP contribution >= 0.6 is 11.3 Å². The lowest BCUT2D eigenvalue weighted by Gasteiger charge is -2.01. The van der Waals surface area contributed by atoms with Crippen LogP contribution in [0.3, 0.4) is 0 Å². The number of methoxy groups -OCH3 is 1. The van der Waals surface area contributed by atoms with Crippen LogP contribution in [0.2, 0.25) is 0 Å². The van der Waals surface area contributed by atoms with E-state index >= 15 is 0 Å². The van der Waals surface area contributed by atoms with Gasteiger partial charge in [0.25, 0.3) is 5.91 Å². The molecule has 0 aliphatic heterocycles. The van der Waals surface area contributed by atoms with Crippen LogP contribution in [0, 0.1) is 6.92 Å². The van der Waals surface area contributed by atoms with E-state index in [0.717, 1.165) is 26.7 Å². The quantitative estimate of drug-likeness (QED) is 0.565. The standard InChI is InChI=1S/C19H16N2O4S/c1-11-16(26-19(21-11)14-7-4-8-24-14)10-20-18(22)15-9-12-5-3-6-13(23-2)17(12)25-15/h3-9H,10H2,1-2H3,(H,20,22). The van der Waals surface area contributed by atoms with Gasteiger partial charge in [0.15, 0.2) is 27.9 Å². The lowest BCUT2D eigenvalue weighted by molar-refractivity contribution is 0.0925. The van der Waals surface area contributed by atoms with E-state index in [1.54, 1.807) is 25.5 Å². The number of aromatic nitrogens is 1. The second-order valence-electron chi connectivity index (χ2n) is 5.68. The largest absolute Gasteiger partial charge is 0.493 e. The van der Waals surface area contributed by atoms with Crippen LogP contribution < -0.4 is 10.1 Å². The molecular weight excluding hydrogens is 352 g/mol. The molecule has 1 aromatic carbocycles. The number of rotatable bonds is 5. The van der Waals surface area contributed by atoms with Crippen molar-refractivity contribution in [3.05, 3.63) is 59.0 Å². The molecule has 132 valence electrons. The zero-order valence-corrected chi connectivity index (χ0v) is 15.1. The van der Waals surface area contributed by atoms with Gasteiger partial charge in [-0.25, -0.2) is 4.98 Å². The fourth-order valence-electron chi connectivity index (χ4n) is 2.65. The van der Waals surface area contributed by atoms with Crippen LogP contribution in [-0.2, 0) is 6.54 Å². The van der Waals surface area contributed by atoms with Crippen LogP contribution in [0.4, 0.5) is 0 Å². The number of ether oxygens (including phenoxy) is 1. The first-order valence-corrected chi connectivity index (χ1v) is 8.82. The van der Waals surface area contributed by atoms with Crippen molar-refractivity contribution < 1.29 is 18.4 Å². The zero-order chi connectivity index (χ0) is 18.1. The van der Waals surface area contributed by atoms with Crippen molar-refractivity contribution >= 4 is 28.2 Å². The summed E-state index contributed by atoms with van der Waals surface area (Å²) in [7, 11) is 1.57. The molecule has 26 heavy (non-hydrogen) atoms. The number of nitrogens with one attached hydrogen (secondary N) is 1. The van der Waals surface area contributed by atoms with Crippen LogP contribution in [0.1, 0.15) is 21.1 Å². The Hall–Kier alpha value is -3.06. The van der Waals surface area contributed by atoms with Crippen LogP contribution in [0.25, 0.3) is 21.7 Å². The highest BCUT2D eigenvalue weighted by Gasteiger charge is 2.16. The fraction of sp³-hybridized carbons (Fsp3) is 0.158. The molecule has 0 saturated heterocycles. The lowest BCUT2D eigenvalue weighted by Crippen LogP contribution is -2.22. The first kappa shape index (κ1) is 16.4. The number of aryl methyl sites for hydroxylation is 1. The summed E-state index contributed by atoms with van der Waals surface area (Å²) in [5.74, 6) is 1.29. The highest BCUT2D eigenvalue weighted by Crippen LogP contribution is 2.29. The van der Waals surface area contributed by atoms with Gasteiger partial charge in [0.1, 0.15) is 0 Å². The van der Waals surface area contributed by atoms with Gasteiger partial charge in [-0.1, -0.05) is 12.1 Å². The summed E-state index contributed by atoms with van der Waals surface area (Å²) in [6, 6.07) is 10.9. The third-order valence-electron chi connectivity index (χ3n) is 3.99. The molecule has 6 nitrogen and oxygen atoms in total. The Balaban J connectivity index is 1.51. The first-order valence-electron chi connectivity index (χ1n) is 8.00. The van der Waals surface area contributed by atoms with Gasteiger partial charge in [0.05, 0.1) is 25.6 Å². The molecule has 0 bridgehead atoms. The maximum absolute atomic E-state index is 12.5. The Morgan fingerprint density at radius 1 is 1.31 bits per heavy atom. The fourth-order valence-corrected chi connectivity index (χ4v) is 3.62. The average Bonchev–Trinajstić information content (AvgIpc) is 3.38. The van der Waals surface area contributed by atoms with E-state index < -0.39 is 0 Å². The van der Waals surface area contributed by atoms with Gasteiger partial charge in [-0.3, -0.25) is 4.79 Å². The number of para-hydroxylation sites is 1. The van der Waals surface area contributed by atoms with Crippen LogP contribution in [-0.4, -0.2) is 18.0 Å². The molecule has 3 aromatic heterocycles. The molecule has 0 saturated carbocycles. The Morgan fingerprint density at radius 2 is 2.19 bits per heavy atom. The molecule has 3 heterocycles. The van der Waals surface area contributed by atoms with Crippen LogP contribution in [0.5, 0.6) is 5.75 Å². The van der Waals surface area contributed by atoms with Crippen molar-refractivity contribution in [2.24, 2.45) is 0 Å². The molecule has 0 atom stereocenters. The highest BCUT2D eigenvalue weighted by molar-refractivity contribution is 7.15. The van der Waals surface area contributed by atoms with Gasteiger partial charge in [-0.05, 0) is 31.2 Å². The van der Waals surface area contributed by atoms with Gasteiger partial charge in [-0.2, -0.15) is 0 Å². The number of hydrogen-bond acceptors (Lipinski definition) is 6. The van der Waals surface area contributed by atoms with E-state index in [1.807, 2.05) is 31.2 Å². The number of nitrogens with zero attached hydrogens (tertiary/aromatic N) is 1. The summed E-state index contributed by atoms with van der Waals surface area (Å²) in [5, 5.41) is 4.50. The lowest BCUT2D eigenvalue weighted by atomic mass is 10.2. The molecule has 0 aliphatic carbocycles. The van der Waals surface area contributed by atoms with E-state index in [0.29, 0.717) is 17.9 Å². The minimum atomic E-state index is -0.282. The molecular formula is C19H16N2O4S. The number of hydrogen-bond donors (Lipinski definition) is 1. The number of thiazole rings is 1. The second kappa shape index (κ2) is 6.68. The molecule has 0 radical (unpaired) electrons. The maximum atomic E-state index is 12.5. The summed E-state index contributed by atoms with van der Waals surface area (Å²) in [5.41, 5.74) is 1.43. The van der Waals surface area contributed by atoms with Crippen molar-refractivity contribution in [3.63, 3.8) is 0 Å². The predicted octanol–water partition coefficient (Wildman–Crippen LogP) is 4.40. The van der Waals surface area contributed by atoms with Crippen molar-refractivity contribution in [1.82, 2.24) is 10.3 Å². The molecule has 0 spiro atoms. The molecule has 0 aliphatic rings. The third-order valence-corrected chi connectivity index (χ3v) is 5.16. The minimum Gasteiger partial charge on any atom is -0.493 e. The minimum absolute atomic E-state index is 0.248. The molecule has 7 heteroatoms. The van der Waals surface area contributed by atoms with Crippen molar-refractivity contribution in [2.45, 2.75) is 13.5 Å². The third kappa shape index (κ3) is 2.97. The van der Waals surface area contributed by atoms with Gasteiger partial charge in [0.2, 0.25) is 0 Å². The monoisotopic (exact) mass is 368 g/mol. The zero-order valence-electron chi connectivity index (χ0n) is 14.2. The number of carbonyl (C=O) groups is 1. The number of fused-ring (bicyclic) bond motifs is 1.